The quantitative estimate of drug-likeness (QED) is 0.576. The van der Waals surface area contributed by atoms with Crippen LogP contribution in [-0.4, -0.2) is 27.3 Å². The van der Waals surface area contributed by atoms with Crippen LogP contribution in [0.3, 0.4) is 0 Å². The maximum Gasteiger partial charge on any atom is 0.335 e. The second-order valence-electron chi connectivity index (χ2n) is 5.23. The topological polar surface area (TPSA) is 65.7 Å². The first-order valence-electron chi connectivity index (χ1n) is 7.68. The van der Waals surface area contributed by atoms with Crippen LogP contribution in [0.25, 0.3) is 6.08 Å². The molecule has 2 heterocycles. The number of aromatic nitrogens is 1. The number of thioether (sulfide) groups is 1. The Kier molecular flexibility index (Phi) is 5.06. The lowest BCUT2D eigenvalue weighted by molar-refractivity contribution is 0.0697. The molecule has 3 rings (SSSR count). The van der Waals surface area contributed by atoms with Crippen LogP contribution < -0.4 is 4.90 Å². The average molecular weight is 393 g/mol. The zero-order chi connectivity index (χ0) is 18.1. The molecule has 0 aliphatic carbocycles. The Morgan fingerprint density at radius 1 is 1.36 bits per heavy atom. The molecule has 8 heteroatoms. The van der Waals surface area contributed by atoms with E-state index in [9.17, 15) is 15.0 Å². The molecule has 0 bridgehead atoms. The molecule has 1 aliphatic heterocycles. The predicted octanol–water partition coefficient (Wildman–Crippen LogP) is 4.79. The Morgan fingerprint density at radius 3 is 2.72 bits per heavy atom. The average Bonchev–Trinajstić information content (AvgIpc) is 3.08. The van der Waals surface area contributed by atoms with Gasteiger partial charge < -0.3 is 15.1 Å². The molecule has 0 spiro atoms. The molecule has 0 saturated carbocycles. The summed E-state index contributed by atoms with van der Waals surface area (Å²) in [5.74, 6) is -0.787. The Morgan fingerprint density at radius 2 is 2.12 bits per heavy atom. The van der Waals surface area contributed by atoms with Crippen LogP contribution >= 0.6 is 35.3 Å². The van der Waals surface area contributed by atoms with Gasteiger partial charge in [-0.15, -0.1) is 11.3 Å². The van der Waals surface area contributed by atoms with E-state index in [4.69, 9.17) is 12.2 Å². The minimum absolute atomic E-state index is 0.155. The van der Waals surface area contributed by atoms with Gasteiger partial charge in [0.1, 0.15) is 5.03 Å². The Hall–Kier alpha value is -1.99. The molecule has 5 nitrogen and oxygen atoms in total. The van der Waals surface area contributed by atoms with Crippen molar-refractivity contribution in [3.8, 4) is 5.88 Å². The van der Waals surface area contributed by atoms with Gasteiger partial charge in [0.15, 0.2) is 3.95 Å². The number of hydrogen-bond acceptors (Lipinski definition) is 6. The number of aromatic hydroxyl groups is 1. The van der Waals surface area contributed by atoms with Crippen molar-refractivity contribution in [2.45, 2.75) is 25.3 Å². The second kappa shape index (κ2) is 7.09. The number of anilines is 1. The number of nitrogens with zero attached hydrogens (tertiary/aromatic N) is 2. The molecule has 0 saturated heterocycles. The molecule has 2 aromatic rings. The summed E-state index contributed by atoms with van der Waals surface area (Å²) in [6, 6.07) is 5.10. The van der Waals surface area contributed by atoms with Gasteiger partial charge in [-0.25, -0.2) is 4.79 Å². The monoisotopic (exact) mass is 392 g/mol. The molecule has 0 radical (unpaired) electrons. The third-order valence-corrected chi connectivity index (χ3v) is 6.28. The zero-order valence-electron chi connectivity index (χ0n) is 13.6. The van der Waals surface area contributed by atoms with Gasteiger partial charge >= 0.3 is 5.97 Å². The maximum absolute atomic E-state index is 11.2. The van der Waals surface area contributed by atoms with Gasteiger partial charge in [-0.1, -0.05) is 17.5 Å². The summed E-state index contributed by atoms with van der Waals surface area (Å²) in [4.78, 5) is 14.9. The van der Waals surface area contributed by atoms with E-state index < -0.39 is 5.97 Å². The van der Waals surface area contributed by atoms with Crippen molar-refractivity contribution in [2.75, 3.05) is 11.4 Å². The van der Waals surface area contributed by atoms with Crippen LogP contribution in [-0.2, 0) is 6.54 Å². The molecule has 1 aromatic heterocycles. The van der Waals surface area contributed by atoms with Crippen LogP contribution in [0.4, 0.5) is 5.69 Å². The number of hydrogen-bond donors (Lipinski definition) is 2. The first-order valence-corrected chi connectivity index (χ1v) is 9.72. The summed E-state index contributed by atoms with van der Waals surface area (Å²) in [5, 5.41) is 20.3. The van der Waals surface area contributed by atoms with Crippen LogP contribution in [0.15, 0.2) is 33.9 Å². The van der Waals surface area contributed by atoms with Crippen LogP contribution in [0.5, 0.6) is 5.88 Å². The van der Waals surface area contributed by atoms with Crippen LogP contribution in [0.1, 0.15) is 29.1 Å². The summed E-state index contributed by atoms with van der Waals surface area (Å²) in [7, 11) is 0. The van der Waals surface area contributed by atoms with E-state index in [1.54, 1.807) is 22.8 Å². The Labute approximate surface area is 158 Å². The first kappa shape index (κ1) is 17.8. The lowest BCUT2D eigenvalue weighted by Crippen LogP contribution is -2.16. The molecule has 0 amide bonds. The zero-order valence-corrected chi connectivity index (χ0v) is 16.1. The van der Waals surface area contributed by atoms with Crippen molar-refractivity contribution in [3.63, 3.8) is 0 Å². The fraction of sp³-hybridized carbons (Fsp3) is 0.235. The van der Waals surface area contributed by atoms with Crippen molar-refractivity contribution in [2.24, 2.45) is 0 Å². The predicted molar refractivity (Wildman–Crippen MR) is 104 cm³/mol. The van der Waals surface area contributed by atoms with Crippen LogP contribution in [0, 0.1) is 3.95 Å². The number of rotatable bonds is 4. The molecule has 1 aliphatic rings. The highest BCUT2D eigenvalue weighted by atomic mass is 32.2. The standard InChI is InChI=1S/C17H16N2O3S3/c1-3-18-11-9-10(16(21)22)5-6-12(11)24-14(18)8-7-13-15(20)19(4-2)17(23)25-13/h5-7,9,20H,3-4H2,1-2H3,(H,21,22). The van der Waals surface area contributed by atoms with E-state index in [1.165, 1.54) is 23.1 Å². The number of carboxylic acids is 1. The van der Waals surface area contributed by atoms with E-state index >= 15 is 0 Å². The number of aromatic carboxylic acids is 1. The number of carboxylic acid groups (broad SMARTS) is 1. The molecular weight excluding hydrogens is 376 g/mol. The molecule has 25 heavy (non-hydrogen) atoms. The molecule has 0 unspecified atom stereocenters. The van der Waals surface area contributed by atoms with E-state index in [0.717, 1.165) is 15.6 Å². The highest BCUT2D eigenvalue weighted by molar-refractivity contribution is 8.03. The van der Waals surface area contributed by atoms with Crippen LogP contribution in [0.2, 0.25) is 0 Å². The third kappa shape index (κ3) is 3.26. The van der Waals surface area contributed by atoms with Gasteiger partial charge in [0.05, 0.1) is 16.1 Å². The summed E-state index contributed by atoms with van der Waals surface area (Å²) in [5.41, 5.74) is 4.35. The first-order chi connectivity index (χ1) is 12.0. The van der Waals surface area contributed by atoms with Crippen molar-refractivity contribution in [1.29, 1.82) is 0 Å². The minimum Gasteiger partial charge on any atom is -0.493 e. The Bertz CT molecular complexity index is 968. The molecule has 130 valence electrons. The van der Waals surface area contributed by atoms with Gasteiger partial charge in [-0.05, 0) is 44.3 Å². The van der Waals surface area contributed by atoms with Crippen molar-refractivity contribution < 1.29 is 15.0 Å². The smallest absolute Gasteiger partial charge is 0.335 e. The van der Waals surface area contributed by atoms with Gasteiger partial charge in [0.2, 0.25) is 5.88 Å². The molecule has 0 fully saturated rings. The maximum atomic E-state index is 11.2. The highest BCUT2D eigenvalue weighted by Crippen LogP contribution is 2.45. The second-order valence-corrected chi connectivity index (χ2v) is 7.93. The summed E-state index contributed by atoms with van der Waals surface area (Å²) >= 11 is 8.11. The molecule has 1 aromatic carbocycles. The van der Waals surface area contributed by atoms with Gasteiger partial charge in [0.25, 0.3) is 0 Å². The fourth-order valence-electron chi connectivity index (χ4n) is 2.55. The normalized spacial score (nSPS) is 12.9. The number of thiazole rings is 1. The lowest BCUT2D eigenvalue weighted by Gasteiger charge is -2.16. The summed E-state index contributed by atoms with van der Waals surface area (Å²) in [6.07, 6.45) is 1.73. The number of carbonyl (C=O) groups is 1. The highest BCUT2D eigenvalue weighted by Gasteiger charge is 2.25. The minimum atomic E-state index is -0.942. The lowest BCUT2D eigenvalue weighted by atomic mass is 10.2. The van der Waals surface area contributed by atoms with E-state index in [2.05, 4.69) is 5.73 Å². The molecule has 0 atom stereocenters. The fourth-order valence-corrected chi connectivity index (χ4v) is 4.94. The van der Waals surface area contributed by atoms with E-state index in [0.29, 0.717) is 21.9 Å². The number of fused-ring (bicyclic) bond motifs is 1. The summed E-state index contributed by atoms with van der Waals surface area (Å²) in [6.45, 7) is 5.23. The molecular formula is C17H16N2O3S3. The largest absolute Gasteiger partial charge is 0.493 e. The van der Waals surface area contributed by atoms with Gasteiger partial charge in [-0.3, -0.25) is 4.57 Å². The molecule has 2 N–H and O–H groups in total. The third-order valence-electron chi connectivity index (χ3n) is 3.80. The van der Waals surface area contributed by atoms with E-state index in [-0.39, 0.29) is 11.4 Å². The number of benzene rings is 1. The van der Waals surface area contributed by atoms with Gasteiger partial charge in [-0.2, -0.15) is 0 Å². The Balaban J connectivity index is 2.02. The van der Waals surface area contributed by atoms with E-state index in [1.807, 2.05) is 24.8 Å². The summed E-state index contributed by atoms with van der Waals surface area (Å²) < 4.78 is 2.30. The SMILES string of the molecule is CCN1C(=C=Cc2sc(=S)n(CC)c2O)Sc2ccc(C(=O)O)cc21. The van der Waals surface area contributed by atoms with Crippen molar-refractivity contribution in [1.82, 2.24) is 4.57 Å². The van der Waals surface area contributed by atoms with Gasteiger partial charge in [0, 0.05) is 24.1 Å². The van der Waals surface area contributed by atoms with Crippen molar-refractivity contribution >= 4 is 53.0 Å². The van der Waals surface area contributed by atoms with Crippen molar-refractivity contribution in [3.05, 3.63) is 43.4 Å².